The Morgan fingerprint density at radius 1 is 0.875 bits per heavy atom. The van der Waals surface area contributed by atoms with E-state index in [0.717, 1.165) is 38.1 Å². The summed E-state index contributed by atoms with van der Waals surface area (Å²) in [6, 6.07) is 7.82. The number of methoxy groups -OCH3 is 1. The average Bonchev–Trinajstić information content (AvgIpc) is 4.08. The van der Waals surface area contributed by atoms with Crippen molar-refractivity contribution in [2.45, 2.75) is 63.6 Å². The minimum atomic E-state index is -2.76. The number of carbonyl (C=O) groups is 2. The largest absolute Gasteiger partial charge is 0.464 e. The topological polar surface area (TPSA) is 194 Å². The summed E-state index contributed by atoms with van der Waals surface area (Å²) in [5.74, 6) is -0.764. The summed E-state index contributed by atoms with van der Waals surface area (Å²) in [7, 11) is 1.22. The molecule has 1 amide bonds. The van der Waals surface area contributed by atoms with E-state index in [1.807, 2.05) is 0 Å². The van der Waals surface area contributed by atoms with E-state index in [9.17, 15) is 32.3 Å². The Morgan fingerprint density at radius 2 is 1.45 bits per heavy atom. The van der Waals surface area contributed by atoms with Crippen LogP contribution >= 0.6 is 0 Å². The van der Waals surface area contributed by atoms with E-state index in [1.54, 1.807) is 46.9 Å². The van der Waals surface area contributed by atoms with Gasteiger partial charge in [0.15, 0.2) is 0 Å². The first-order valence-corrected chi connectivity index (χ1v) is 17.5. The molecule has 20 heteroatoms. The molecule has 1 atom stereocenters. The molecule has 0 aromatic carbocycles. The predicted molar refractivity (Wildman–Crippen MR) is 190 cm³/mol. The lowest BCUT2D eigenvalue weighted by molar-refractivity contribution is 0.0593. The number of aliphatic hydroxyl groups is 1. The molecule has 2 N–H and O–H groups in total. The van der Waals surface area contributed by atoms with Crippen molar-refractivity contribution in [3.8, 4) is 33.8 Å². The number of rotatable bonds is 12. The van der Waals surface area contributed by atoms with Crippen molar-refractivity contribution in [1.29, 1.82) is 0 Å². The molecule has 56 heavy (non-hydrogen) atoms. The number of ether oxygens (including phenoxy) is 1. The van der Waals surface area contributed by atoms with Gasteiger partial charge in [-0.1, -0.05) is 6.07 Å². The highest BCUT2D eigenvalue weighted by atomic mass is 19.3. The number of alkyl halides is 4. The molecule has 0 bridgehead atoms. The molecule has 6 aromatic heterocycles. The van der Waals surface area contributed by atoms with Gasteiger partial charge in [0.1, 0.15) is 22.9 Å². The van der Waals surface area contributed by atoms with E-state index in [4.69, 9.17) is 0 Å². The molecule has 16 nitrogen and oxygen atoms in total. The Balaban J connectivity index is 0.000000195. The second kappa shape index (κ2) is 16.1. The quantitative estimate of drug-likeness (QED) is 0.108. The second-order valence-corrected chi connectivity index (χ2v) is 13.1. The molecule has 2 fully saturated rings. The summed E-state index contributed by atoms with van der Waals surface area (Å²) in [6.45, 7) is 1.57. The summed E-state index contributed by atoms with van der Waals surface area (Å²) >= 11 is 0. The maximum Gasteiger partial charge on any atom is 0.356 e. The number of halogens is 4. The van der Waals surface area contributed by atoms with Crippen molar-refractivity contribution in [1.82, 2.24) is 54.7 Å². The molecule has 0 spiro atoms. The number of aliphatic hydroxyl groups excluding tert-OH is 1. The van der Waals surface area contributed by atoms with Gasteiger partial charge in [-0.15, -0.1) is 5.10 Å². The number of hydrogen-bond acceptors (Lipinski definition) is 12. The van der Waals surface area contributed by atoms with Gasteiger partial charge in [-0.25, -0.2) is 37.0 Å². The summed E-state index contributed by atoms with van der Waals surface area (Å²) in [4.78, 5) is 36.5. The van der Waals surface area contributed by atoms with Crippen LogP contribution in [0, 0.1) is 0 Å². The van der Waals surface area contributed by atoms with E-state index >= 15 is 0 Å². The molecule has 1 unspecified atom stereocenters. The Kier molecular flexibility index (Phi) is 10.9. The van der Waals surface area contributed by atoms with Crippen LogP contribution in [0.1, 0.15) is 95.7 Å². The van der Waals surface area contributed by atoms with Gasteiger partial charge in [-0.3, -0.25) is 19.1 Å². The molecule has 0 aliphatic heterocycles. The summed E-state index contributed by atoms with van der Waals surface area (Å²) < 4.78 is 63.1. The van der Waals surface area contributed by atoms with Crippen LogP contribution in [0.5, 0.6) is 0 Å². The Hall–Kier alpha value is -6.44. The van der Waals surface area contributed by atoms with Crippen molar-refractivity contribution in [2.75, 3.05) is 19.0 Å². The van der Waals surface area contributed by atoms with Gasteiger partial charge in [0.25, 0.3) is 18.8 Å². The molecule has 290 valence electrons. The highest BCUT2D eigenvalue weighted by Gasteiger charge is 2.27. The fraction of sp³-hybridized carbons (Fsp3) is 0.333. The third kappa shape index (κ3) is 8.28. The second-order valence-electron chi connectivity index (χ2n) is 13.1. The van der Waals surface area contributed by atoms with Crippen molar-refractivity contribution >= 4 is 17.7 Å². The highest BCUT2D eigenvalue weighted by molar-refractivity contribution is 6.03. The smallest absolute Gasteiger partial charge is 0.356 e. The standard InChI is InChI=1S/C22H21F2N9O2.C14H13F2N3O2/c1-12(11-34)33-21(29-30-31-33)17-3-2-4-19(27-17)28-22(35)18-7-15(16(9-25-18)20(23)24)13-8-26-32(10-13)14-5-6-14;1-21-14(20)12-4-10(11(6-17-12)13(15)16)8-5-18-19(7-8)9-2-3-9/h2-4,7-10,12,14,20,34H,5-6,11H2,1H3,(H,27,28,35);4-7,9,13H,2-3H2,1H3. The zero-order valence-electron chi connectivity index (χ0n) is 29.9. The summed E-state index contributed by atoms with van der Waals surface area (Å²) in [5.41, 5.74) is 1.32. The van der Waals surface area contributed by atoms with E-state index in [0.29, 0.717) is 34.7 Å². The first-order valence-electron chi connectivity index (χ1n) is 17.5. The minimum Gasteiger partial charge on any atom is -0.464 e. The van der Waals surface area contributed by atoms with Crippen LogP contribution in [0.4, 0.5) is 23.4 Å². The molecule has 0 radical (unpaired) electrons. The Morgan fingerprint density at radius 3 is 1.98 bits per heavy atom. The monoisotopic (exact) mass is 774 g/mol. The van der Waals surface area contributed by atoms with E-state index in [2.05, 4.69) is 50.7 Å². The number of pyridine rings is 3. The summed E-state index contributed by atoms with van der Waals surface area (Å²) in [6.07, 6.45) is 7.17. The van der Waals surface area contributed by atoms with Crippen LogP contribution < -0.4 is 5.32 Å². The number of amides is 1. The SMILES string of the molecule is CC(CO)n1nnnc1-c1cccc(NC(=O)c2cc(-c3cnn(C4CC4)c3)c(C(F)F)cn2)n1.COC(=O)c1cc(-c2cnn(C3CC3)c2)c(C(F)F)cn1. The lowest BCUT2D eigenvalue weighted by Gasteiger charge is -2.11. The first-order chi connectivity index (χ1) is 27.0. The number of nitrogens with zero attached hydrogens (tertiary/aromatic N) is 11. The Labute approximate surface area is 315 Å². The van der Waals surface area contributed by atoms with Crippen molar-refractivity contribution < 1.29 is 37.0 Å². The van der Waals surface area contributed by atoms with Crippen molar-refractivity contribution in [2.24, 2.45) is 0 Å². The van der Waals surface area contributed by atoms with Crippen LogP contribution in [0.25, 0.3) is 33.8 Å². The normalized spacial score (nSPS) is 14.4. The Bertz CT molecular complexity index is 2360. The van der Waals surface area contributed by atoms with Gasteiger partial charge >= 0.3 is 5.97 Å². The molecule has 2 aliphatic rings. The fourth-order valence-electron chi connectivity index (χ4n) is 5.70. The van der Waals surface area contributed by atoms with Gasteiger partial charge in [-0.05, 0) is 78.4 Å². The maximum atomic E-state index is 13.7. The summed E-state index contributed by atoms with van der Waals surface area (Å²) in [5, 5.41) is 31.9. The fourth-order valence-corrected chi connectivity index (χ4v) is 5.70. The lowest BCUT2D eigenvalue weighted by atomic mass is 10.0. The van der Waals surface area contributed by atoms with Gasteiger partial charge in [0.2, 0.25) is 5.82 Å². The average molecular weight is 775 g/mol. The molecular weight excluding hydrogens is 740 g/mol. The molecule has 6 heterocycles. The number of hydrogen-bond donors (Lipinski definition) is 2. The van der Waals surface area contributed by atoms with Gasteiger partial charge in [0, 0.05) is 47.0 Å². The van der Waals surface area contributed by atoms with E-state index < -0.39 is 24.7 Å². The lowest BCUT2D eigenvalue weighted by Crippen LogP contribution is -2.16. The zero-order valence-corrected chi connectivity index (χ0v) is 29.9. The third-order valence-electron chi connectivity index (χ3n) is 9.03. The number of aromatic nitrogens is 11. The number of tetrazole rings is 1. The van der Waals surface area contributed by atoms with Crippen LogP contribution in [0.2, 0.25) is 0 Å². The molecular formula is C36H34F4N12O4. The molecule has 0 saturated heterocycles. The number of carbonyl (C=O) groups excluding carboxylic acids is 2. The van der Waals surface area contributed by atoms with Crippen LogP contribution in [-0.4, -0.2) is 85.4 Å². The number of esters is 1. The van der Waals surface area contributed by atoms with Crippen molar-refractivity contribution in [3.05, 3.63) is 90.0 Å². The molecule has 8 rings (SSSR count). The van der Waals surface area contributed by atoms with E-state index in [1.165, 1.54) is 36.3 Å². The molecule has 2 aliphatic carbocycles. The van der Waals surface area contributed by atoms with Gasteiger partial charge in [0.05, 0.1) is 44.2 Å². The van der Waals surface area contributed by atoms with Crippen molar-refractivity contribution in [3.63, 3.8) is 0 Å². The highest BCUT2D eigenvalue weighted by Crippen LogP contribution is 2.38. The first kappa shape index (κ1) is 37.9. The zero-order chi connectivity index (χ0) is 39.5. The van der Waals surface area contributed by atoms with Gasteiger partial charge in [-0.2, -0.15) is 10.2 Å². The van der Waals surface area contributed by atoms with Crippen LogP contribution in [0.15, 0.2) is 67.5 Å². The minimum absolute atomic E-state index is 0.00364. The predicted octanol–water partition coefficient (Wildman–Crippen LogP) is 6.08. The number of nitrogens with one attached hydrogen (secondary N) is 1. The molecule has 6 aromatic rings. The van der Waals surface area contributed by atoms with E-state index in [-0.39, 0.29) is 52.1 Å². The van der Waals surface area contributed by atoms with Crippen LogP contribution in [-0.2, 0) is 4.74 Å². The maximum absolute atomic E-state index is 13.7. The van der Waals surface area contributed by atoms with Crippen LogP contribution in [0.3, 0.4) is 0 Å². The third-order valence-corrected chi connectivity index (χ3v) is 9.03. The number of anilines is 1. The molecule has 2 saturated carbocycles. The van der Waals surface area contributed by atoms with Gasteiger partial charge < -0.3 is 15.2 Å².